The van der Waals surface area contributed by atoms with E-state index in [1.54, 1.807) is 0 Å². The van der Waals surface area contributed by atoms with Crippen molar-refractivity contribution in [2.75, 3.05) is 46.9 Å². The number of rotatable bonds is 8. The van der Waals surface area contributed by atoms with Gasteiger partial charge in [0.15, 0.2) is 0 Å². The number of hydrogen-bond donors (Lipinski definition) is 3. The minimum atomic E-state index is 0. The number of nitrogens with zero attached hydrogens (tertiary/aromatic N) is 1. The summed E-state index contributed by atoms with van der Waals surface area (Å²) in [4.78, 5) is 14.4. The Bertz CT molecular complexity index is 608. The Labute approximate surface area is 175 Å². The van der Waals surface area contributed by atoms with Crippen molar-refractivity contribution in [1.82, 2.24) is 20.9 Å². The fourth-order valence-electron chi connectivity index (χ4n) is 4.15. The second-order valence-electron chi connectivity index (χ2n) is 7.98. The molecule has 1 heterocycles. The van der Waals surface area contributed by atoms with Crippen LogP contribution in [0.25, 0.3) is 0 Å². The molecule has 0 aromatic heterocycles. The molecule has 1 saturated carbocycles. The number of benzene rings is 1. The lowest BCUT2D eigenvalue weighted by Crippen LogP contribution is -2.50. The third-order valence-electron chi connectivity index (χ3n) is 5.64. The zero-order valence-corrected chi connectivity index (χ0v) is 17.9. The molecule has 1 aliphatic heterocycles. The summed E-state index contributed by atoms with van der Waals surface area (Å²) in [7, 11) is 4.01. The summed E-state index contributed by atoms with van der Waals surface area (Å²) in [5.74, 6) is 0.629. The maximum absolute atomic E-state index is 12.3. The summed E-state index contributed by atoms with van der Waals surface area (Å²) in [5, 5.41) is 10.3. The normalized spacial score (nSPS) is 24.8. The molecular formula is C21H35ClN4O2. The van der Waals surface area contributed by atoms with Crippen molar-refractivity contribution in [3.8, 4) is 0 Å². The third-order valence-corrected chi connectivity index (χ3v) is 5.64. The van der Waals surface area contributed by atoms with Crippen LogP contribution in [0.2, 0.25) is 0 Å². The average Bonchev–Trinajstić information content (AvgIpc) is 3.15. The molecule has 2 aliphatic rings. The molecule has 1 aromatic rings. The van der Waals surface area contributed by atoms with E-state index < -0.39 is 0 Å². The molecule has 1 amide bonds. The van der Waals surface area contributed by atoms with Gasteiger partial charge < -0.3 is 25.6 Å². The molecule has 0 radical (unpaired) electrons. The number of amides is 1. The number of nitrogens with one attached hydrogen (secondary N) is 3. The fraction of sp³-hybridized carbons (Fsp3) is 0.667. The minimum Gasteiger partial charge on any atom is -0.379 e. The van der Waals surface area contributed by atoms with Crippen molar-refractivity contribution in [2.24, 2.45) is 5.92 Å². The van der Waals surface area contributed by atoms with Crippen LogP contribution in [0.3, 0.4) is 0 Å². The lowest BCUT2D eigenvalue weighted by atomic mass is 9.94. The Kier molecular flexibility index (Phi) is 9.68. The molecule has 1 aromatic carbocycles. The van der Waals surface area contributed by atoms with Gasteiger partial charge in [0.2, 0.25) is 0 Å². The third kappa shape index (κ3) is 6.71. The topological polar surface area (TPSA) is 65.6 Å². The molecule has 3 atom stereocenters. The van der Waals surface area contributed by atoms with Crippen LogP contribution < -0.4 is 16.0 Å². The van der Waals surface area contributed by atoms with E-state index in [0.717, 1.165) is 44.0 Å². The first-order valence-electron chi connectivity index (χ1n) is 10.2. The van der Waals surface area contributed by atoms with Gasteiger partial charge in [0.25, 0.3) is 5.91 Å². The summed E-state index contributed by atoms with van der Waals surface area (Å²) < 4.78 is 5.66. The first kappa shape index (κ1) is 23.1. The van der Waals surface area contributed by atoms with Crippen LogP contribution in [-0.4, -0.2) is 69.8 Å². The number of ether oxygens (including phenoxy) is 1. The van der Waals surface area contributed by atoms with E-state index in [1.807, 2.05) is 32.3 Å². The standard InChI is InChI=1S/C21H34N4O2.ClH/c1-25(2)11-9-23-21(26)17-6-3-5-16(13-17)14-24-19-8-4-7-18(19)20-15-27-12-10-22-20;/h3,5-6,13,18-20,22,24H,4,7-12,14-15H2,1-2H3,(H,23,26);1H. The zero-order chi connectivity index (χ0) is 19.1. The lowest BCUT2D eigenvalue weighted by molar-refractivity contribution is 0.0524. The van der Waals surface area contributed by atoms with Crippen molar-refractivity contribution in [3.63, 3.8) is 0 Å². The highest BCUT2D eigenvalue weighted by Gasteiger charge is 2.34. The second kappa shape index (κ2) is 11.7. The molecule has 3 N–H and O–H groups in total. The number of carbonyl (C=O) groups is 1. The number of hydrogen-bond acceptors (Lipinski definition) is 5. The van der Waals surface area contributed by atoms with E-state index in [2.05, 4.69) is 26.9 Å². The van der Waals surface area contributed by atoms with Crippen molar-refractivity contribution in [3.05, 3.63) is 35.4 Å². The SMILES string of the molecule is CN(C)CCNC(=O)c1cccc(CNC2CCCC2C2COCCN2)c1.Cl. The van der Waals surface area contributed by atoms with E-state index in [1.165, 1.54) is 19.3 Å². The smallest absolute Gasteiger partial charge is 0.251 e. The summed E-state index contributed by atoms with van der Waals surface area (Å²) in [6.07, 6.45) is 3.75. The first-order chi connectivity index (χ1) is 13.1. The minimum absolute atomic E-state index is 0. The van der Waals surface area contributed by atoms with Crippen LogP contribution in [-0.2, 0) is 11.3 Å². The largest absolute Gasteiger partial charge is 0.379 e. The molecule has 7 heteroatoms. The molecular weight excluding hydrogens is 376 g/mol. The lowest BCUT2D eigenvalue weighted by Gasteiger charge is -2.33. The van der Waals surface area contributed by atoms with E-state index in [0.29, 0.717) is 24.5 Å². The maximum atomic E-state index is 12.3. The van der Waals surface area contributed by atoms with E-state index in [-0.39, 0.29) is 18.3 Å². The van der Waals surface area contributed by atoms with Crippen LogP contribution in [0.4, 0.5) is 0 Å². The number of carbonyl (C=O) groups excluding carboxylic acids is 1. The maximum Gasteiger partial charge on any atom is 0.251 e. The molecule has 28 heavy (non-hydrogen) atoms. The Hall–Kier alpha value is -1.18. The fourth-order valence-corrected chi connectivity index (χ4v) is 4.15. The van der Waals surface area contributed by atoms with Crippen molar-refractivity contribution in [1.29, 1.82) is 0 Å². The number of likely N-dealkylation sites (N-methyl/N-ethyl adjacent to an activating group) is 1. The Balaban J connectivity index is 0.00000280. The van der Waals surface area contributed by atoms with Gasteiger partial charge in [-0.25, -0.2) is 0 Å². The predicted molar refractivity (Wildman–Crippen MR) is 115 cm³/mol. The molecule has 3 unspecified atom stereocenters. The summed E-state index contributed by atoms with van der Waals surface area (Å²) >= 11 is 0. The molecule has 0 spiro atoms. The zero-order valence-electron chi connectivity index (χ0n) is 17.1. The van der Waals surface area contributed by atoms with Gasteiger partial charge in [-0.2, -0.15) is 0 Å². The quantitative estimate of drug-likeness (QED) is 0.608. The van der Waals surface area contributed by atoms with Crippen LogP contribution in [0.1, 0.15) is 35.2 Å². The van der Waals surface area contributed by atoms with E-state index in [4.69, 9.17) is 4.74 Å². The van der Waals surface area contributed by atoms with Crippen molar-refractivity contribution in [2.45, 2.75) is 37.9 Å². The van der Waals surface area contributed by atoms with Crippen LogP contribution in [0, 0.1) is 5.92 Å². The molecule has 2 fully saturated rings. The highest BCUT2D eigenvalue weighted by atomic mass is 35.5. The first-order valence-corrected chi connectivity index (χ1v) is 10.2. The van der Waals surface area contributed by atoms with Crippen LogP contribution in [0.15, 0.2) is 24.3 Å². The Morgan fingerprint density at radius 3 is 2.93 bits per heavy atom. The summed E-state index contributed by atoms with van der Waals surface area (Å²) in [5.41, 5.74) is 1.90. The molecule has 158 valence electrons. The molecule has 1 aliphatic carbocycles. The van der Waals surface area contributed by atoms with Gasteiger partial charge in [-0.1, -0.05) is 18.6 Å². The number of halogens is 1. The van der Waals surface area contributed by atoms with Crippen LogP contribution >= 0.6 is 12.4 Å². The van der Waals surface area contributed by atoms with Gasteiger partial charge in [-0.15, -0.1) is 12.4 Å². The average molecular weight is 411 g/mol. The van der Waals surface area contributed by atoms with Gasteiger partial charge in [-0.05, 0) is 50.6 Å². The van der Waals surface area contributed by atoms with Gasteiger partial charge in [0.1, 0.15) is 0 Å². The van der Waals surface area contributed by atoms with E-state index >= 15 is 0 Å². The Morgan fingerprint density at radius 2 is 2.18 bits per heavy atom. The Morgan fingerprint density at radius 1 is 1.32 bits per heavy atom. The highest BCUT2D eigenvalue weighted by molar-refractivity contribution is 5.94. The van der Waals surface area contributed by atoms with Gasteiger partial charge in [-0.3, -0.25) is 4.79 Å². The van der Waals surface area contributed by atoms with Crippen LogP contribution in [0.5, 0.6) is 0 Å². The molecule has 1 saturated heterocycles. The van der Waals surface area contributed by atoms with Gasteiger partial charge >= 0.3 is 0 Å². The molecule has 0 bridgehead atoms. The highest BCUT2D eigenvalue weighted by Crippen LogP contribution is 2.29. The van der Waals surface area contributed by atoms with Crippen molar-refractivity contribution >= 4 is 18.3 Å². The summed E-state index contributed by atoms with van der Waals surface area (Å²) in [6.45, 7) is 4.91. The molecule has 6 nitrogen and oxygen atoms in total. The monoisotopic (exact) mass is 410 g/mol. The summed E-state index contributed by atoms with van der Waals surface area (Å²) in [6, 6.07) is 8.94. The van der Waals surface area contributed by atoms with Crippen molar-refractivity contribution < 1.29 is 9.53 Å². The predicted octanol–water partition coefficient (Wildman–Crippen LogP) is 1.65. The second-order valence-corrected chi connectivity index (χ2v) is 7.98. The van der Waals surface area contributed by atoms with E-state index in [9.17, 15) is 4.79 Å². The van der Waals surface area contributed by atoms with Gasteiger partial charge in [0, 0.05) is 43.8 Å². The molecule has 3 rings (SSSR count). The number of morpholine rings is 1. The van der Waals surface area contributed by atoms with Gasteiger partial charge in [0.05, 0.1) is 13.2 Å².